The third kappa shape index (κ3) is 12.1. The molecule has 1 saturated carbocycles. The molecule has 12 nitrogen and oxygen atoms in total. The summed E-state index contributed by atoms with van der Waals surface area (Å²) in [5, 5.41) is 19.0. The number of amides is 3. The first-order valence-corrected chi connectivity index (χ1v) is 15.6. The molecule has 44 heavy (non-hydrogen) atoms. The van der Waals surface area contributed by atoms with E-state index in [1.807, 2.05) is 6.07 Å². The average Bonchev–Trinajstić information content (AvgIpc) is 2.97. The maximum absolute atomic E-state index is 13.7. The van der Waals surface area contributed by atoms with E-state index in [0.29, 0.717) is 6.42 Å². The van der Waals surface area contributed by atoms with Crippen LogP contribution in [0.2, 0.25) is 0 Å². The van der Waals surface area contributed by atoms with Crippen molar-refractivity contribution >= 4 is 29.8 Å². The lowest BCUT2D eigenvalue weighted by Crippen LogP contribution is -2.58. The molecule has 1 heterocycles. The van der Waals surface area contributed by atoms with E-state index in [1.165, 1.54) is 0 Å². The zero-order chi connectivity index (χ0) is 32.1. The Morgan fingerprint density at radius 2 is 1.68 bits per heavy atom. The molecule has 4 atom stereocenters. The lowest BCUT2D eigenvalue weighted by Gasteiger charge is -2.31. The number of benzene rings is 1. The monoisotopic (exact) mass is 617 g/mol. The van der Waals surface area contributed by atoms with Gasteiger partial charge in [0.25, 0.3) is 0 Å². The zero-order valence-corrected chi connectivity index (χ0v) is 26.0. The molecule has 0 spiro atoms. The van der Waals surface area contributed by atoms with E-state index in [4.69, 9.17) is 14.2 Å². The van der Waals surface area contributed by atoms with E-state index in [1.54, 1.807) is 45.0 Å². The molecule has 0 unspecified atom stereocenters. The second-order valence-electron chi connectivity index (χ2n) is 12.5. The first-order chi connectivity index (χ1) is 20.9. The summed E-state index contributed by atoms with van der Waals surface area (Å²) in [4.78, 5) is 65.0. The standard InChI is InChI=1S/C32H47N3O9/c1-32(2,3)44-31(41)35-25(20-22-13-8-5-9-14-22)29(39)33-23-15-16-26(36)42-17-10-18-43-30(40)27(37)24(34-28(23)38)19-21-11-6-4-7-12-21/h5,8-9,13-14,21,23-25,27,37H,4,6-7,10-12,15-20H2,1-3H3,(H,33,39)(H,34,38)(H,35,41)/t23-,24-,25-,27+/m0/s1. The summed E-state index contributed by atoms with van der Waals surface area (Å²) in [6.07, 6.45) is 3.04. The van der Waals surface area contributed by atoms with Crippen molar-refractivity contribution in [3.8, 4) is 0 Å². The fourth-order valence-electron chi connectivity index (χ4n) is 5.38. The Morgan fingerprint density at radius 1 is 1.00 bits per heavy atom. The van der Waals surface area contributed by atoms with Gasteiger partial charge in [0.05, 0.1) is 19.3 Å². The fourth-order valence-corrected chi connectivity index (χ4v) is 5.38. The number of cyclic esters (lactones) is 2. The van der Waals surface area contributed by atoms with Gasteiger partial charge in [-0.2, -0.15) is 0 Å². The SMILES string of the molecule is CC(C)(C)OC(=O)N[C@@H](Cc1ccccc1)C(=O)N[C@H]1CCC(=O)OCCCOC(=O)[C@H](O)[C@H](CC2CCCCC2)NC1=O. The van der Waals surface area contributed by atoms with Crippen LogP contribution in [-0.2, 0) is 39.8 Å². The number of rotatable bonds is 7. The van der Waals surface area contributed by atoms with Crippen LogP contribution in [-0.4, -0.2) is 78.0 Å². The summed E-state index contributed by atoms with van der Waals surface area (Å²) in [7, 11) is 0. The highest BCUT2D eigenvalue weighted by atomic mass is 16.6. The Balaban J connectivity index is 1.83. The van der Waals surface area contributed by atoms with E-state index in [-0.39, 0.29) is 44.8 Å². The Kier molecular flexibility index (Phi) is 13.4. The van der Waals surface area contributed by atoms with Gasteiger partial charge in [-0.1, -0.05) is 62.4 Å². The maximum Gasteiger partial charge on any atom is 0.408 e. The van der Waals surface area contributed by atoms with Crippen LogP contribution in [0.25, 0.3) is 0 Å². The number of carbonyl (C=O) groups is 5. The molecular formula is C32H47N3O9. The molecule has 1 aromatic carbocycles. The van der Waals surface area contributed by atoms with E-state index in [9.17, 15) is 29.1 Å². The molecular weight excluding hydrogens is 570 g/mol. The van der Waals surface area contributed by atoms with Crippen LogP contribution < -0.4 is 16.0 Å². The Labute approximate surface area is 259 Å². The van der Waals surface area contributed by atoms with Crippen LogP contribution in [0.15, 0.2) is 30.3 Å². The number of aliphatic hydroxyl groups is 1. The van der Waals surface area contributed by atoms with Gasteiger partial charge in [0, 0.05) is 19.3 Å². The van der Waals surface area contributed by atoms with Gasteiger partial charge in [-0.25, -0.2) is 9.59 Å². The van der Waals surface area contributed by atoms with Crippen molar-refractivity contribution in [3.63, 3.8) is 0 Å². The lowest BCUT2D eigenvalue weighted by molar-refractivity contribution is -0.157. The number of hydrogen-bond acceptors (Lipinski definition) is 9. The molecule has 12 heteroatoms. The normalized spacial score (nSPS) is 23.6. The van der Waals surface area contributed by atoms with Crippen LogP contribution in [0, 0.1) is 5.92 Å². The largest absolute Gasteiger partial charge is 0.466 e. The van der Waals surface area contributed by atoms with Crippen molar-refractivity contribution in [2.45, 2.75) is 115 Å². The molecule has 3 amide bonds. The summed E-state index contributed by atoms with van der Waals surface area (Å²) < 4.78 is 15.7. The summed E-state index contributed by atoms with van der Waals surface area (Å²) in [5.41, 5.74) is -0.0460. The molecule has 0 aromatic heterocycles. The minimum atomic E-state index is -1.61. The quantitative estimate of drug-likeness (QED) is 0.265. The Hall–Kier alpha value is -3.67. The van der Waals surface area contributed by atoms with E-state index in [0.717, 1.165) is 37.7 Å². The molecule has 2 fully saturated rings. The first kappa shape index (κ1) is 34.8. The van der Waals surface area contributed by atoms with Crippen molar-refractivity contribution < 1.29 is 43.3 Å². The number of nitrogens with one attached hydrogen (secondary N) is 3. The molecule has 0 radical (unpaired) electrons. The average molecular weight is 618 g/mol. The molecule has 1 aromatic rings. The van der Waals surface area contributed by atoms with Gasteiger partial charge in [-0.05, 0) is 45.1 Å². The van der Waals surface area contributed by atoms with Crippen LogP contribution >= 0.6 is 0 Å². The molecule has 1 aliphatic heterocycles. The number of hydrogen-bond donors (Lipinski definition) is 4. The van der Waals surface area contributed by atoms with Crippen LogP contribution in [0.4, 0.5) is 4.79 Å². The number of esters is 2. The van der Waals surface area contributed by atoms with Crippen molar-refractivity contribution in [2.24, 2.45) is 5.92 Å². The summed E-state index contributed by atoms with van der Waals surface area (Å²) in [5.74, 6) is -2.59. The van der Waals surface area contributed by atoms with Crippen LogP contribution in [0.5, 0.6) is 0 Å². The molecule has 1 aliphatic carbocycles. The minimum absolute atomic E-state index is 0.00408. The molecule has 4 N–H and O–H groups in total. The topological polar surface area (TPSA) is 169 Å². The van der Waals surface area contributed by atoms with Crippen LogP contribution in [0.3, 0.4) is 0 Å². The second-order valence-corrected chi connectivity index (χ2v) is 12.5. The highest BCUT2D eigenvalue weighted by Gasteiger charge is 2.35. The summed E-state index contributed by atoms with van der Waals surface area (Å²) >= 11 is 0. The smallest absolute Gasteiger partial charge is 0.408 e. The van der Waals surface area contributed by atoms with Crippen molar-refractivity contribution in [3.05, 3.63) is 35.9 Å². The summed E-state index contributed by atoms with van der Waals surface area (Å²) in [6.45, 7) is 5.05. The highest BCUT2D eigenvalue weighted by molar-refractivity contribution is 5.92. The maximum atomic E-state index is 13.7. The highest BCUT2D eigenvalue weighted by Crippen LogP contribution is 2.28. The van der Waals surface area contributed by atoms with Crippen LogP contribution in [0.1, 0.15) is 84.1 Å². The predicted octanol–water partition coefficient (Wildman–Crippen LogP) is 2.69. The number of ether oxygens (including phenoxy) is 3. The number of alkyl carbamates (subject to hydrolysis) is 1. The molecule has 3 rings (SSSR count). The van der Waals surface area contributed by atoms with Gasteiger partial charge >= 0.3 is 18.0 Å². The van der Waals surface area contributed by atoms with Gasteiger partial charge in [0.2, 0.25) is 11.8 Å². The van der Waals surface area contributed by atoms with Crippen molar-refractivity contribution in [1.82, 2.24) is 16.0 Å². The van der Waals surface area contributed by atoms with Gasteiger partial charge in [-0.15, -0.1) is 0 Å². The predicted molar refractivity (Wildman–Crippen MR) is 160 cm³/mol. The first-order valence-electron chi connectivity index (χ1n) is 15.6. The lowest BCUT2D eigenvalue weighted by atomic mass is 9.83. The Morgan fingerprint density at radius 3 is 2.36 bits per heavy atom. The minimum Gasteiger partial charge on any atom is -0.466 e. The summed E-state index contributed by atoms with van der Waals surface area (Å²) in [6, 6.07) is 5.75. The zero-order valence-electron chi connectivity index (χ0n) is 26.0. The third-order valence-electron chi connectivity index (χ3n) is 7.62. The van der Waals surface area contributed by atoms with Gasteiger partial charge in [0.15, 0.2) is 6.10 Å². The van der Waals surface area contributed by atoms with Crippen molar-refractivity contribution in [1.29, 1.82) is 0 Å². The van der Waals surface area contributed by atoms with Gasteiger partial charge in [0.1, 0.15) is 17.7 Å². The number of carbonyl (C=O) groups excluding carboxylic acids is 5. The molecule has 244 valence electrons. The van der Waals surface area contributed by atoms with E-state index in [2.05, 4.69) is 16.0 Å². The number of aliphatic hydroxyl groups excluding tert-OH is 1. The van der Waals surface area contributed by atoms with Gasteiger partial charge in [-0.3, -0.25) is 14.4 Å². The van der Waals surface area contributed by atoms with E-state index < -0.39 is 59.7 Å². The molecule has 2 aliphatic rings. The Bertz CT molecular complexity index is 1120. The molecule has 1 saturated heterocycles. The second kappa shape index (κ2) is 17.0. The molecule has 0 bridgehead atoms. The van der Waals surface area contributed by atoms with Crippen molar-refractivity contribution in [2.75, 3.05) is 13.2 Å². The third-order valence-corrected chi connectivity index (χ3v) is 7.62. The van der Waals surface area contributed by atoms with E-state index >= 15 is 0 Å². The fraction of sp³-hybridized carbons (Fsp3) is 0.656. The van der Waals surface area contributed by atoms with Gasteiger partial charge < -0.3 is 35.3 Å².